The van der Waals surface area contributed by atoms with Crippen molar-refractivity contribution in [2.75, 3.05) is 26.2 Å². The van der Waals surface area contributed by atoms with E-state index in [-0.39, 0.29) is 0 Å². The van der Waals surface area contributed by atoms with E-state index in [0.29, 0.717) is 11.8 Å². The first kappa shape index (κ1) is 26.9. The first-order valence-corrected chi connectivity index (χ1v) is 11.4. The summed E-state index contributed by atoms with van der Waals surface area (Å²) in [5, 5.41) is 29.2. The van der Waals surface area contributed by atoms with Crippen molar-refractivity contribution in [2.45, 2.75) is 52.4 Å². The number of hydrogen-bond donors (Lipinski definition) is 4. The maximum absolute atomic E-state index is 9.10. The number of carbonyl (C=O) groups is 2. The largest absolute Gasteiger partial charge is 0.473 e. The molecule has 0 amide bonds. The van der Waals surface area contributed by atoms with Crippen LogP contribution in [0.1, 0.15) is 63.0 Å². The lowest BCUT2D eigenvalue weighted by Crippen LogP contribution is -2.21. The standard InChI is InChI=1S/2C10H15N3O.C2H2O4/c2*1-2-4-9-12-10(14-13-9)8-5-3-6-11-7-8;3-1(4)2(5)6/h2*5,11H,2-4,6-7H2,1H3;(H,3,4)(H,5,6). The molecular formula is C22H32N6O6. The predicted octanol–water partition coefficient (Wildman–Crippen LogP) is 1.95. The van der Waals surface area contributed by atoms with Crippen LogP contribution in [0.5, 0.6) is 0 Å². The summed E-state index contributed by atoms with van der Waals surface area (Å²) in [4.78, 5) is 26.9. The highest BCUT2D eigenvalue weighted by atomic mass is 16.5. The Morgan fingerprint density at radius 3 is 1.53 bits per heavy atom. The average molecular weight is 477 g/mol. The van der Waals surface area contributed by atoms with Crippen LogP contribution in [0.3, 0.4) is 0 Å². The van der Waals surface area contributed by atoms with Crippen molar-refractivity contribution in [3.8, 4) is 0 Å². The molecule has 2 aromatic heterocycles. The van der Waals surface area contributed by atoms with Gasteiger partial charge in [0.25, 0.3) is 11.8 Å². The maximum atomic E-state index is 9.10. The van der Waals surface area contributed by atoms with Crippen molar-refractivity contribution in [2.24, 2.45) is 0 Å². The molecule has 12 nitrogen and oxygen atoms in total. The summed E-state index contributed by atoms with van der Waals surface area (Å²) in [5.74, 6) is -0.658. The molecule has 0 atom stereocenters. The van der Waals surface area contributed by atoms with Crippen molar-refractivity contribution in [1.82, 2.24) is 30.9 Å². The molecule has 0 radical (unpaired) electrons. The number of aliphatic carboxylic acids is 2. The molecule has 0 aliphatic carbocycles. The van der Waals surface area contributed by atoms with Crippen LogP contribution in [0.4, 0.5) is 0 Å². The van der Waals surface area contributed by atoms with Gasteiger partial charge in [0.2, 0.25) is 0 Å². The Morgan fingerprint density at radius 1 is 0.824 bits per heavy atom. The lowest BCUT2D eigenvalue weighted by molar-refractivity contribution is -0.159. The van der Waals surface area contributed by atoms with E-state index in [1.807, 2.05) is 0 Å². The highest BCUT2D eigenvalue weighted by Gasteiger charge is 2.13. The number of nitrogens with one attached hydrogen (secondary N) is 2. The molecule has 0 bridgehead atoms. The Morgan fingerprint density at radius 2 is 1.24 bits per heavy atom. The molecule has 4 rings (SSSR count). The maximum Gasteiger partial charge on any atom is 0.414 e. The molecule has 0 unspecified atom stereocenters. The Hall–Kier alpha value is -3.38. The average Bonchev–Trinajstić information content (AvgIpc) is 3.52. The third-order valence-corrected chi connectivity index (χ3v) is 4.67. The van der Waals surface area contributed by atoms with E-state index in [1.54, 1.807) is 0 Å². The van der Waals surface area contributed by atoms with E-state index in [1.165, 1.54) is 0 Å². The second kappa shape index (κ2) is 14.7. The van der Waals surface area contributed by atoms with Gasteiger partial charge in [-0.15, -0.1) is 0 Å². The Bertz CT molecular complexity index is 902. The molecule has 186 valence electrons. The van der Waals surface area contributed by atoms with Crippen LogP contribution in [0, 0.1) is 0 Å². The van der Waals surface area contributed by atoms with E-state index in [4.69, 9.17) is 28.8 Å². The molecule has 4 N–H and O–H groups in total. The summed E-state index contributed by atoms with van der Waals surface area (Å²) in [6, 6.07) is 0. The zero-order chi connectivity index (χ0) is 24.8. The molecule has 0 saturated heterocycles. The van der Waals surface area contributed by atoms with Crippen LogP contribution in [0.2, 0.25) is 0 Å². The van der Waals surface area contributed by atoms with Gasteiger partial charge in [-0.2, -0.15) is 9.97 Å². The first-order chi connectivity index (χ1) is 16.4. The normalized spacial score (nSPS) is 15.1. The Labute approximate surface area is 197 Å². The van der Waals surface area contributed by atoms with Crippen molar-refractivity contribution in [3.63, 3.8) is 0 Å². The van der Waals surface area contributed by atoms with Gasteiger partial charge >= 0.3 is 11.9 Å². The molecule has 0 spiro atoms. The summed E-state index contributed by atoms with van der Waals surface area (Å²) in [6.45, 7) is 7.98. The number of carboxylic acids is 2. The topological polar surface area (TPSA) is 176 Å². The van der Waals surface area contributed by atoms with Crippen LogP contribution < -0.4 is 10.6 Å². The lowest BCUT2D eigenvalue weighted by atomic mass is 10.1. The van der Waals surface area contributed by atoms with Crippen molar-refractivity contribution < 1.29 is 28.8 Å². The molecule has 4 heterocycles. The van der Waals surface area contributed by atoms with Crippen molar-refractivity contribution in [3.05, 3.63) is 35.6 Å². The second-order valence-corrected chi connectivity index (χ2v) is 7.53. The zero-order valence-corrected chi connectivity index (χ0v) is 19.5. The van der Waals surface area contributed by atoms with Crippen LogP contribution in [-0.4, -0.2) is 68.6 Å². The highest BCUT2D eigenvalue weighted by Crippen LogP contribution is 2.15. The van der Waals surface area contributed by atoms with E-state index in [0.717, 1.165) is 87.5 Å². The van der Waals surface area contributed by atoms with Crippen LogP contribution >= 0.6 is 0 Å². The zero-order valence-electron chi connectivity index (χ0n) is 19.5. The number of rotatable bonds is 6. The smallest absolute Gasteiger partial charge is 0.414 e. The minimum Gasteiger partial charge on any atom is -0.473 e. The monoisotopic (exact) mass is 476 g/mol. The molecule has 0 saturated carbocycles. The third-order valence-electron chi connectivity index (χ3n) is 4.67. The molecule has 0 aromatic carbocycles. The summed E-state index contributed by atoms with van der Waals surface area (Å²) < 4.78 is 10.4. The number of carboxylic acid groups (broad SMARTS) is 2. The summed E-state index contributed by atoms with van der Waals surface area (Å²) in [6.07, 6.45) is 10.3. The number of aryl methyl sites for hydroxylation is 2. The number of aromatic nitrogens is 4. The van der Waals surface area contributed by atoms with E-state index in [2.05, 4.69) is 56.9 Å². The van der Waals surface area contributed by atoms with Gasteiger partial charge in [0.1, 0.15) is 0 Å². The van der Waals surface area contributed by atoms with Crippen LogP contribution in [0.15, 0.2) is 21.2 Å². The molecule has 12 heteroatoms. The van der Waals surface area contributed by atoms with Crippen LogP contribution in [-0.2, 0) is 22.4 Å². The van der Waals surface area contributed by atoms with Gasteiger partial charge in [0, 0.05) is 37.1 Å². The van der Waals surface area contributed by atoms with Crippen molar-refractivity contribution in [1.29, 1.82) is 0 Å². The minimum atomic E-state index is -1.82. The van der Waals surface area contributed by atoms with Gasteiger partial charge in [-0.1, -0.05) is 36.3 Å². The summed E-state index contributed by atoms with van der Waals surface area (Å²) >= 11 is 0. The minimum absolute atomic E-state index is 0.681. The Balaban J connectivity index is 0.000000196. The predicted molar refractivity (Wildman–Crippen MR) is 123 cm³/mol. The first-order valence-electron chi connectivity index (χ1n) is 11.4. The second-order valence-electron chi connectivity index (χ2n) is 7.53. The van der Waals surface area contributed by atoms with Gasteiger partial charge < -0.3 is 29.9 Å². The van der Waals surface area contributed by atoms with Gasteiger partial charge in [-0.25, -0.2) is 9.59 Å². The quantitative estimate of drug-likeness (QED) is 0.446. The van der Waals surface area contributed by atoms with E-state index >= 15 is 0 Å². The number of nitrogens with zero attached hydrogens (tertiary/aromatic N) is 4. The van der Waals surface area contributed by atoms with Crippen LogP contribution in [0.25, 0.3) is 11.1 Å². The Kier molecular flexibility index (Phi) is 11.6. The molecular weight excluding hydrogens is 444 g/mol. The molecule has 34 heavy (non-hydrogen) atoms. The fourth-order valence-corrected chi connectivity index (χ4v) is 3.03. The fraction of sp³-hybridized carbons (Fsp3) is 0.545. The van der Waals surface area contributed by atoms with Gasteiger partial charge in [-0.05, 0) is 38.8 Å². The summed E-state index contributed by atoms with van der Waals surface area (Å²) in [5.41, 5.74) is 2.26. The molecule has 0 fully saturated rings. The molecule has 2 aliphatic heterocycles. The number of hydrogen-bond acceptors (Lipinski definition) is 10. The summed E-state index contributed by atoms with van der Waals surface area (Å²) in [7, 11) is 0. The highest BCUT2D eigenvalue weighted by molar-refractivity contribution is 6.27. The fourth-order valence-electron chi connectivity index (χ4n) is 3.03. The molecule has 2 aromatic rings. The van der Waals surface area contributed by atoms with E-state index < -0.39 is 11.9 Å². The van der Waals surface area contributed by atoms with Gasteiger partial charge in [0.05, 0.1) is 0 Å². The van der Waals surface area contributed by atoms with Crippen molar-refractivity contribution >= 4 is 23.1 Å². The lowest BCUT2D eigenvalue weighted by Gasteiger charge is -2.09. The third kappa shape index (κ3) is 9.24. The van der Waals surface area contributed by atoms with Gasteiger partial charge in [-0.3, -0.25) is 0 Å². The molecule has 2 aliphatic rings. The van der Waals surface area contributed by atoms with Gasteiger partial charge in [0.15, 0.2) is 11.6 Å². The SMILES string of the molecule is CCCc1noc(C2=CCCNC2)n1.CCCc1noc(C2=CCCNC2)n1.O=C(O)C(=O)O. The van der Waals surface area contributed by atoms with E-state index in [9.17, 15) is 0 Å².